The molecule has 0 aromatic carbocycles. The lowest BCUT2D eigenvalue weighted by atomic mass is 9.98. The number of hydrogen-bond acceptors (Lipinski definition) is 12. The van der Waals surface area contributed by atoms with E-state index in [-0.39, 0.29) is 6.42 Å². The highest BCUT2D eigenvalue weighted by atomic mass is 16.8. The van der Waals surface area contributed by atoms with E-state index in [2.05, 4.69) is 0 Å². The number of carbonyl (C=O) groups is 1. The van der Waals surface area contributed by atoms with Gasteiger partial charge in [0, 0.05) is 6.42 Å². The van der Waals surface area contributed by atoms with E-state index in [0.29, 0.717) is 0 Å². The van der Waals surface area contributed by atoms with Gasteiger partial charge in [0.2, 0.25) is 0 Å². The molecule has 158 valence electrons. The smallest absolute Gasteiger partial charge is 0.305 e. The summed E-state index contributed by atoms with van der Waals surface area (Å²) in [5.41, 5.74) is 0. The first-order valence-corrected chi connectivity index (χ1v) is 8.52. The Morgan fingerprint density at radius 3 is 1.78 bits per heavy atom. The first-order valence-electron chi connectivity index (χ1n) is 8.52. The number of hydrogen-bond donors (Lipinski definition) is 7. The summed E-state index contributed by atoms with van der Waals surface area (Å²) in [6, 6.07) is 0. The molecule has 0 spiro atoms. The lowest BCUT2D eigenvalue weighted by Gasteiger charge is -2.44. The van der Waals surface area contributed by atoms with E-state index in [4.69, 9.17) is 24.1 Å². The Morgan fingerprint density at radius 2 is 1.30 bits per heavy atom. The van der Waals surface area contributed by atoms with E-state index in [1.165, 1.54) is 0 Å². The standard InChI is InChI=1S/C15H26O12/c1-2-7(17)24-4-6-9(19)11(21)13(23)15(26-6)27-14-12(22)10(20)8(18)5(3-16)25-14/h5-6,8-16,18-23H,2-4H2,1H3/t5?,6?,8-,9-,10?,11+,12-,13?,14-,15-/m1/s1. The molecule has 2 aliphatic rings. The second kappa shape index (κ2) is 9.52. The minimum atomic E-state index is -1.76. The number of esters is 1. The van der Waals surface area contributed by atoms with Crippen molar-refractivity contribution in [3.05, 3.63) is 0 Å². The molecule has 0 aromatic heterocycles. The van der Waals surface area contributed by atoms with E-state index in [1.807, 2.05) is 0 Å². The Labute approximate surface area is 154 Å². The molecule has 0 radical (unpaired) electrons. The van der Waals surface area contributed by atoms with Gasteiger partial charge in [-0.2, -0.15) is 0 Å². The van der Waals surface area contributed by atoms with Crippen LogP contribution in [0.3, 0.4) is 0 Å². The molecular weight excluding hydrogens is 372 g/mol. The highest BCUT2D eigenvalue weighted by molar-refractivity contribution is 5.68. The Hall–Kier alpha value is -0.930. The van der Waals surface area contributed by atoms with Gasteiger partial charge in [-0.3, -0.25) is 4.79 Å². The third kappa shape index (κ3) is 4.92. The summed E-state index contributed by atoms with van der Waals surface area (Å²) >= 11 is 0. The summed E-state index contributed by atoms with van der Waals surface area (Å²) in [4.78, 5) is 11.3. The zero-order valence-electron chi connectivity index (χ0n) is 14.6. The topological polar surface area (TPSA) is 196 Å². The number of carbonyl (C=O) groups excluding carboxylic acids is 1. The van der Waals surface area contributed by atoms with Crippen molar-refractivity contribution in [2.45, 2.75) is 74.8 Å². The van der Waals surface area contributed by atoms with Crippen LogP contribution in [0.25, 0.3) is 0 Å². The molecule has 12 nitrogen and oxygen atoms in total. The summed E-state index contributed by atoms with van der Waals surface area (Å²) in [7, 11) is 0. The Bertz CT molecular complexity index is 487. The van der Waals surface area contributed by atoms with Crippen LogP contribution in [0.2, 0.25) is 0 Å². The van der Waals surface area contributed by atoms with Crippen LogP contribution in [0.4, 0.5) is 0 Å². The molecule has 12 heteroatoms. The normalized spacial score (nSPS) is 45.5. The van der Waals surface area contributed by atoms with Crippen LogP contribution in [0.1, 0.15) is 13.3 Å². The molecule has 2 heterocycles. The molecule has 0 saturated carbocycles. The van der Waals surface area contributed by atoms with Crippen LogP contribution in [0.15, 0.2) is 0 Å². The molecule has 10 atom stereocenters. The molecule has 0 amide bonds. The molecule has 2 saturated heterocycles. The van der Waals surface area contributed by atoms with Gasteiger partial charge >= 0.3 is 5.97 Å². The average molecular weight is 398 g/mol. The fraction of sp³-hybridized carbons (Fsp3) is 0.933. The van der Waals surface area contributed by atoms with Crippen LogP contribution >= 0.6 is 0 Å². The van der Waals surface area contributed by atoms with Gasteiger partial charge in [0.05, 0.1) is 6.61 Å². The zero-order valence-corrected chi connectivity index (χ0v) is 14.6. The van der Waals surface area contributed by atoms with Crippen LogP contribution in [-0.2, 0) is 23.7 Å². The predicted molar refractivity (Wildman–Crippen MR) is 82.8 cm³/mol. The van der Waals surface area contributed by atoms with Gasteiger partial charge in [-0.15, -0.1) is 0 Å². The zero-order chi connectivity index (χ0) is 20.3. The second-order valence-corrected chi connectivity index (χ2v) is 6.38. The van der Waals surface area contributed by atoms with Gasteiger partial charge in [0.15, 0.2) is 12.6 Å². The van der Waals surface area contributed by atoms with Crippen LogP contribution < -0.4 is 0 Å². The summed E-state index contributed by atoms with van der Waals surface area (Å²) in [5.74, 6) is -0.571. The van der Waals surface area contributed by atoms with E-state index < -0.39 is 80.6 Å². The van der Waals surface area contributed by atoms with Gasteiger partial charge in [0.1, 0.15) is 55.4 Å². The minimum Gasteiger partial charge on any atom is -0.463 e. The fourth-order valence-corrected chi connectivity index (χ4v) is 2.76. The molecular formula is C15H26O12. The first-order chi connectivity index (χ1) is 12.7. The fourth-order valence-electron chi connectivity index (χ4n) is 2.76. The van der Waals surface area contributed by atoms with Crippen molar-refractivity contribution in [1.29, 1.82) is 0 Å². The summed E-state index contributed by atoms with van der Waals surface area (Å²) in [5, 5.41) is 68.6. The van der Waals surface area contributed by atoms with Gasteiger partial charge < -0.3 is 54.7 Å². The number of rotatable bonds is 6. The summed E-state index contributed by atoms with van der Waals surface area (Å²) in [6.07, 6.45) is -15.8. The van der Waals surface area contributed by atoms with Crippen LogP contribution in [0.5, 0.6) is 0 Å². The molecule has 0 aromatic rings. The molecule has 0 aliphatic carbocycles. The average Bonchev–Trinajstić information content (AvgIpc) is 2.67. The molecule has 0 bridgehead atoms. The third-order valence-corrected chi connectivity index (χ3v) is 4.48. The van der Waals surface area contributed by atoms with Crippen LogP contribution in [-0.4, -0.2) is 116 Å². The van der Waals surface area contributed by atoms with Gasteiger partial charge in [-0.25, -0.2) is 0 Å². The maximum absolute atomic E-state index is 11.3. The minimum absolute atomic E-state index is 0.0821. The molecule has 2 fully saturated rings. The number of aliphatic hydroxyl groups is 7. The van der Waals surface area contributed by atoms with Crippen LogP contribution in [0, 0.1) is 0 Å². The quantitative estimate of drug-likeness (QED) is 0.212. The van der Waals surface area contributed by atoms with E-state index in [0.717, 1.165) is 0 Å². The van der Waals surface area contributed by atoms with Gasteiger partial charge in [-0.1, -0.05) is 6.92 Å². The summed E-state index contributed by atoms with van der Waals surface area (Å²) < 4.78 is 20.5. The predicted octanol–water partition coefficient (Wildman–Crippen LogP) is -4.44. The van der Waals surface area contributed by atoms with Gasteiger partial charge in [-0.05, 0) is 0 Å². The molecule has 7 N–H and O–H groups in total. The third-order valence-electron chi connectivity index (χ3n) is 4.48. The molecule has 27 heavy (non-hydrogen) atoms. The van der Waals surface area contributed by atoms with Crippen molar-refractivity contribution >= 4 is 5.97 Å². The van der Waals surface area contributed by atoms with E-state index >= 15 is 0 Å². The summed E-state index contributed by atoms with van der Waals surface area (Å²) in [6.45, 7) is 0.450. The second-order valence-electron chi connectivity index (χ2n) is 6.38. The SMILES string of the molecule is CCC(=O)OCC1O[C@H](O[C@H]2OC(CO)[C@@H](O)C(O)[C@H]2O)C(O)[C@@H](O)[C@@H]1O. The van der Waals surface area contributed by atoms with E-state index in [1.54, 1.807) is 6.92 Å². The monoisotopic (exact) mass is 398 g/mol. The van der Waals surface area contributed by atoms with Crippen molar-refractivity contribution in [3.8, 4) is 0 Å². The molecule has 2 aliphatic heterocycles. The Morgan fingerprint density at radius 1 is 0.815 bits per heavy atom. The largest absolute Gasteiger partial charge is 0.463 e. The lowest BCUT2D eigenvalue weighted by molar-refractivity contribution is -0.376. The van der Waals surface area contributed by atoms with Crippen molar-refractivity contribution in [2.75, 3.05) is 13.2 Å². The number of aliphatic hydroxyl groups excluding tert-OH is 7. The van der Waals surface area contributed by atoms with Crippen molar-refractivity contribution in [1.82, 2.24) is 0 Å². The Kier molecular flexibility index (Phi) is 7.88. The number of ether oxygens (including phenoxy) is 4. The van der Waals surface area contributed by atoms with Crippen molar-refractivity contribution in [2.24, 2.45) is 0 Å². The maximum atomic E-state index is 11.3. The lowest BCUT2D eigenvalue weighted by Crippen LogP contribution is -2.63. The maximum Gasteiger partial charge on any atom is 0.305 e. The molecule has 4 unspecified atom stereocenters. The highest BCUT2D eigenvalue weighted by Gasteiger charge is 2.49. The van der Waals surface area contributed by atoms with E-state index in [9.17, 15) is 35.4 Å². The van der Waals surface area contributed by atoms with Crippen molar-refractivity contribution in [3.63, 3.8) is 0 Å². The Balaban J connectivity index is 2.05. The first kappa shape index (κ1) is 22.4. The highest BCUT2D eigenvalue weighted by Crippen LogP contribution is 2.28. The molecule has 2 rings (SSSR count). The van der Waals surface area contributed by atoms with Gasteiger partial charge in [0.25, 0.3) is 0 Å². The van der Waals surface area contributed by atoms with Crippen molar-refractivity contribution < 1.29 is 59.5 Å².